The monoisotopic (exact) mass is 338 g/mol. The van der Waals surface area contributed by atoms with Crippen molar-refractivity contribution in [1.82, 2.24) is 5.32 Å². The Morgan fingerprint density at radius 2 is 2.00 bits per heavy atom. The number of nitrogens with zero attached hydrogens (tertiary/aromatic N) is 1. The lowest BCUT2D eigenvalue weighted by molar-refractivity contribution is -0.132. The van der Waals surface area contributed by atoms with Crippen LogP contribution in [0, 0.1) is 0 Å². The molecule has 2 nitrogen and oxygen atoms in total. The van der Waals surface area contributed by atoms with E-state index in [-0.39, 0.29) is 12.6 Å². The van der Waals surface area contributed by atoms with Crippen molar-refractivity contribution >= 4 is 21.6 Å². The summed E-state index contributed by atoms with van der Waals surface area (Å²) in [5.41, 5.74) is 1.79. The SMILES string of the molecule is CNC(C)c1cc(Br)ccc1N(C)CCC(F)(F)F. The van der Waals surface area contributed by atoms with E-state index in [1.165, 1.54) is 0 Å². The zero-order chi connectivity index (χ0) is 14.6. The van der Waals surface area contributed by atoms with Crippen LogP contribution in [0.25, 0.3) is 0 Å². The highest BCUT2D eigenvalue weighted by Gasteiger charge is 2.27. The molecule has 0 amide bonds. The summed E-state index contributed by atoms with van der Waals surface area (Å²) < 4.78 is 37.7. The highest BCUT2D eigenvalue weighted by molar-refractivity contribution is 9.10. The van der Waals surface area contributed by atoms with Crippen LogP contribution in [-0.2, 0) is 0 Å². The third kappa shape index (κ3) is 5.03. The van der Waals surface area contributed by atoms with Crippen molar-refractivity contribution in [2.75, 3.05) is 25.5 Å². The number of benzene rings is 1. The minimum absolute atomic E-state index is 0.0471. The van der Waals surface area contributed by atoms with Crippen LogP contribution in [0.5, 0.6) is 0 Å². The van der Waals surface area contributed by atoms with Crippen molar-refractivity contribution < 1.29 is 13.2 Å². The van der Waals surface area contributed by atoms with Crippen LogP contribution in [0.15, 0.2) is 22.7 Å². The van der Waals surface area contributed by atoms with Gasteiger partial charge < -0.3 is 10.2 Å². The lowest BCUT2D eigenvalue weighted by Crippen LogP contribution is -2.26. The van der Waals surface area contributed by atoms with Gasteiger partial charge in [-0.25, -0.2) is 0 Å². The van der Waals surface area contributed by atoms with Crippen LogP contribution < -0.4 is 10.2 Å². The number of nitrogens with one attached hydrogen (secondary N) is 1. The molecule has 1 unspecified atom stereocenters. The number of hydrogen-bond acceptors (Lipinski definition) is 2. The molecule has 0 aromatic heterocycles. The Morgan fingerprint density at radius 3 is 2.53 bits per heavy atom. The summed E-state index contributed by atoms with van der Waals surface area (Å²) in [6.07, 6.45) is -4.94. The Bertz CT molecular complexity index is 421. The molecule has 0 aliphatic carbocycles. The van der Waals surface area contributed by atoms with E-state index in [1.807, 2.05) is 32.2 Å². The molecule has 1 N–H and O–H groups in total. The Balaban J connectivity index is 2.92. The standard InChI is InChI=1S/C13H18BrF3N2/c1-9(18-2)11-8-10(14)4-5-12(11)19(3)7-6-13(15,16)17/h4-5,8-9,18H,6-7H2,1-3H3. The minimum atomic E-state index is -4.13. The van der Waals surface area contributed by atoms with Crippen molar-refractivity contribution in [3.05, 3.63) is 28.2 Å². The van der Waals surface area contributed by atoms with Gasteiger partial charge in [0.15, 0.2) is 0 Å². The van der Waals surface area contributed by atoms with E-state index < -0.39 is 12.6 Å². The number of halogens is 4. The second kappa shape index (κ2) is 6.61. The summed E-state index contributed by atoms with van der Waals surface area (Å²) in [6, 6.07) is 5.68. The first kappa shape index (κ1) is 16.3. The van der Waals surface area contributed by atoms with Gasteiger partial charge in [-0.3, -0.25) is 0 Å². The number of alkyl halides is 3. The van der Waals surface area contributed by atoms with E-state index in [4.69, 9.17) is 0 Å². The molecule has 0 aliphatic rings. The average Bonchev–Trinajstić information content (AvgIpc) is 2.34. The molecule has 19 heavy (non-hydrogen) atoms. The summed E-state index contributed by atoms with van der Waals surface area (Å²) in [7, 11) is 3.51. The van der Waals surface area contributed by atoms with E-state index in [1.54, 1.807) is 11.9 Å². The molecule has 0 radical (unpaired) electrons. The van der Waals surface area contributed by atoms with Gasteiger partial charge in [0.1, 0.15) is 0 Å². The number of rotatable bonds is 5. The Hall–Kier alpha value is -0.750. The van der Waals surface area contributed by atoms with Crippen LogP contribution in [0.2, 0.25) is 0 Å². The molecule has 0 heterocycles. The third-order valence-electron chi connectivity index (χ3n) is 3.03. The van der Waals surface area contributed by atoms with Crippen LogP contribution >= 0.6 is 15.9 Å². The highest BCUT2D eigenvalue weighted by Crippen LogP contribution is 2.30. The number of hydrogen-bond donors (Lipinski definition) is 1. The van der Waals surface area contributed by atoms with Crippen molar-refractivity contribution in [2.45, 2.75) is 25.6 Å². The quantitative estimate of drug-likeness (QED) is 0.868. The van der Waals surface area contributed by atoms with Crippen molar-refractivity contribution in [2.24, 2.45) is 0 Å². The van der Waals surface area contributed by atoms with Crippen molar-refractivity contribution in [3.8, 4) is 0 Å². The van der Waals surface area contributed by atoms with Crippen LogP contribution in [0.3, 0.4) is 0 Å². The maximum atomic E-state index is 12.3. The average molecular weight is 339 g/mol. The zero-order valence-electron chi connectivity index (χ0n) is 11.2. The van der Waals surface area contributed by atoms with E-state index in [2.05, 4.69) is 21.2 Å². The van der Waals surface area contributed by atoms with E-state index >= 15 is 0 Å². The van der Waals surface area contributed by atoms with E-state index in [9.17, 15) is 13.2 Å². The Labute approximate surface area is 120 Å². The maximum Gasteiger partial charge on any atom is 0.390 e. The topological polar surface area (TPSA) is 15.3 Å². The smallest absolute Gasteiger partial charge is 0.374 e. The van der Waals surface area contributed by atoms with Crippen molar-refractivity contribution in [1.29, 1.82) is 0 Å². The van der Waals surface area contributed by atoms with Gasteiger partial charge in [-0.05, 0) is 37.7 Å². The second-order valence-corrected chi connectivity index (χ2v) is 5.42. The van der Waals surface area contributed by atoms with Crippen molar-refractivity contribution in [3.63, 3.8) is 0 Å². The Morgan fingerprint density at radius 1 is 1.37 bits per heavy atom. The summed E-state index contributed by atoms with van der Waals surface area (Å²) in [5, 5.41) is 3.11. The molecule has 1 rings (SSSR count). The summed E-state index contributed by atoms with van der Waals surface area (Å²) in [4.78, 5) is 1.64. The lowest BCUT2D eigenvalue weighted by atomic mass is 10.1. The summed E-state index contributed by atoms with van der Waals surface area (Å²) in [5.74, 6) is 0. The first-order chi connectivity index (χ1) is 8.74. The van der Waals surface area contributed by atoms with Gasteiger partial charge in [0.05, 0.1) is 6.42 Å². The first-order valence-corrected chi connectivity index (χ1v) is 6.78. The van der Waals surface area contributed by atoms with Crippen LogP contribution in [-0.4, -0.2) is 26.8 Å². The highest BCUT2D eigenvalue weighted by atomic mass is 79.9. The van der Waals surface area contributed by atoms with E-state index in [0.717, 1.165) is 15.7 Å². The molecular formula is C13H18BrF3N2. The fourth-order valence-corrected chi connectivity index (χ4v) is 2.17. The minimum Gasteiger partial charge on any atom is -0.374 e. The molecule has 0 spiro atoms. The van der Waals surface area contributed by atoms with Crippen LogP contribution in [0.4, 0.5) is 18.9 Å². The molecule has 1 aromatic carbocycles. The molecule has 1 atom stereocenters. The van der Waals surface area contributed by atoms with Gasteiger partial charge >= 0.3 is 6.18 Å². The number of anilines is 1. The second-order valence-electron chi connectivity index (χ2n) is 4.50. The molecule has 6 heteroatoms. The molecule has 0 saturated heterocycles. The Kier molecular flexibility index (Phi) is 5.67. The molecular weight excluding hydrogens is 321 g/mol. The lowest BCUT2D eigenvalue weighted by Gasteiger charge is -2.25. The molecule has 0 bridgehead atoms. The van der Waals surface area contributed by atoms with Gasteiger partial charge in [0.2, 0.25) is 0 Å². The molecule has 1 aromatic rings. The molecule has 0 aliphatic heterocycles. The fraction of sp³-hybridized carbons (Fsp3) is 0.538. The molecule has 0 fully saturated rings. The van der Waals surface area contributed by atoms with Gasteiger partial charge in [0, 0.05) is 29.8 Å². The third-order valence-corrected chi connectivity index (χ3v) is 3.52. The zero-order valence-corrected chi connectivity index (χ0v) is 12.8. The normalized spacial score (nSPS) is 13.4. The largest absolute Gasteiger partial charge is 0.390 e. The molecule has 108 valence electrons. The maximum absolute atomic E-state index is 12.3. The van der Waals surface area contributed by atoms with Crippen LogP contribution in [0.1, 0.15) is 24.9 Å². The van der Waals surface area contributed by atoms with Gasteiger partial charge in [0.25, 0.3) is 0 Å². The molecule has 0 saturated carbocycles. The van der Waals surface area contributed by atoms with E-state index in [0.29, 0.717) is 0 Å². The predicted molar refractivity (Wildman–Crippen MR) is 75.6 cm³/mol. The first-order valence-electron chi connectivity index (χ1n) is 5.99. The predicted octanol–water partition coefficient (Wildman–Crippen LogP) is 4.12. The van der Waals surface area contributed by atoms with Gasteiger partial charge in [-0.1, -0.05) is 15.9 Å². The van der Waals surface area contributed by atoms with Gasteiger partial charge in [-0.2, -0.15) is 13.2 Å². The van der Waals surface area contributed by atoms with Gasteiger partial charge in [-0.15, -0.1) is 0 Å². The summed E-state index contributed by atoms with van der Waals surface area (Å²) in [6.45, 7) is 1.93. The summed E-state index contributed by atoms with van der Waals surface area (Å²) >= 11 is 3.39. The fourth-order valence-electron chi connectivity index (χ4n) is 1.79.